The first kappa shape index (κ1) is 18.4. The summed E-state index contributed by atoms with van der Waals surface area (Å²) in [6.07, 6.45) is 0. The minimum absolute atomic E-state index is 0.238. The van der Waals surface area contributed by atoms with Gasteiger partial charge in [-0.2, -0.15) is 0 Å². The van der Waals surface area contributed by atoms with Gasteiger partial charge in [-0.15, -0.1) is 0 Å². The van der Waals surface area contributed by atoms with Crippen molar-refractivity contribution < 1.29 is 9.59 Å². The summed E-state index contributed by atoms with van der Waals surface area (Å²) in [5.41, 5.74) is 5.41. The molecule has 3 rings (SSSR count). The van der Waals surface area contributed by atoms with Crippen molar-refractivity contribution in [1.82, 2.24) is 0 Å². The van der Waals surface area contributed by atoms with Crippen molar-refractivity contribution in [3.8, 4) is 0 Å². The number of aryl methyl sites for hydroxylation is 3. The molecule has 27 heavy (non-hydrogen) atoms. The lowest BCUT2D eigenvalue weighted by Gasteiger charge is -2.12. The SMILES string of the molecule is Cc1ccccc1NC(=O)c1cccc(C(=O)Nc2c(C)cccc2C)c1. The fourth-order valence-corrected chi connectivity index (χ4v) is 2.91. The maximum atomic E-state index is 12.7. The van der Waals surface area contributed by atoms with Gasteiger partial charge in [-0.05, 0) is 61.7 Å². The van der Waals surface area contributed by atoms with Crippen LogP contribution in [-0.4, -0.2) is 11.8 Å². The highest BCUT2D eigenvalue weighted by Gasteiger charge is 2.13. The standard InChI is InChI=1S/C23H22N2O2/c1-15-8-4-5-13-20(15)24-22(26)18-11-7-12-19(14-18)23(27)25-21-16(2)9-6-10-17(21)3/h4-14H,1-3H3,(H,24,26)(H,25,27). The van der Waals surface area contributed by atoms with Crippen LogP contribution in [0.3, 0.4) is 0 Å². The number of anilines is 2. The molecule has 0 saturated carbocycles. The summed E-state index contributed by atoms with van der Waals surface area (Å²) >= 11 is 0. The average molecular weight is 358 g/mol. The van der Waals surface area contributed by atoms with Crippen LogP contribution in [0.2, 0.25) is 0 Å². The molecule has 3 aromatic carbocycles. The molecule has 0 aliphatic rings. The fraction of sp³-hybridized carbons (Fsp3) is 0.130. The highest BCUT2D eigenvalue weighted by Crippen LogP contribution is 2.21. The second-order valence-corrected chi connectivity index (χ2v) is 6.57. The number of hydrogen-bond acceptors (Lipinski definition) is 2. The monoisotopic (exact) mass is 358 g/mol. The maximum absolute atomic E-state index is 12.7. The lowest BCUT2D eigenvalue weighted by molar-refractivity contribution is 0.102. The van der Waals surface area contributed by atoms with Crippen LogP contribution in [-0.2, 0) is 0 Å². The van der Waals surface area contributed by atoms with Gasteiger partial charge >= 0.3 is 0 Å². The Hall–Kier alpha value is -3.40. The number of carbonyl (C=O) groups is 2. The first-order chi connectivity index (χ1) is 13.0. The summed E-state index contributed by atoms with van der Waals surface area (Å²) in [4.78, 5) is 25.2. The summed E-state index contributed by atoms with van der Waals surface area (Å²) in [7, 11) is 0. The summed E-state index contributed by atoms with van der Waals surface area (Å²) in [6.45, 7) is 5.84. The van der Waals surface area contributed by atoms with Crippen molar-refractivity contribution in [2.24, 2.45) is 0 Å². The van der Waals surface area contributed by atoms with Gasteiger partial charge in [0.1, 0.15) is 0 Å². The Balaban J connectivity index is 1.80. The Bertz CT molecular complexity index is 989. The number of carbonyl (C=O) groups excluding carboxylic acids is 2. The molecule has 0 heterocycles. The highest BCUT2D eigenvalue weighted by atomic mass is 16.2. The molecule has 4 nitrogen and oxygen atoms in total. The van der Waals surface area contributed by atoms with Crippen molar-refractivity contribution in [3.05, 3.63) is 94.5 Å². The van der Waals surface area contributed by atoms with E-state index in [0.717, 1.165) is 28.1 Å². The first-order valence-corrected chi connectivity index (χ1v) is 8.80. The normalized spacial score (nSPS) is 10.3. The summed E-state index contributed by atoms with van der Waals surface area (Å²) in [6, 6.07) is 20.2. The Morgan fingerprint density at radius 2 is 1.15 bits per heavy atom. The zero-order valence-electron chi connectivity index (χ0n) is 15.7. The molecule has 0 aliphatic carbocycles. The van der Waals surface area contributed by atoms with E-state index in [2.05, 4.69) is 10.6 Å². The zero-order valence-corrected chi connectivity index (χ0v) is 15.7. The summed E-state index contributed by atoms with van der Waals surface area (Å²) < 4.78 is 0. The second-order valence-electron chi connectivity index (χ2n) is 6.57. The maximum Gasteiger partial charge on any atom is 0.255 e. The van der Waals surface area contributed by atoms with E-state index in [0.29, 0.717) is 11.1 Å². The predicted octanol–water partition coefficient (Wildman–Crippen LogP) is 5.12. The van der Waals surface area contributed by atoms with Gasteiger partial charge in [0.25, 0.3) is 11.8 Å². The van der Waals surface area contributed by atoms with Gasteiger partial charge in [-0.1, -0.05) is 42.5 Å². The minimum Gasteiger partial charge on any atom is -0.322 e. The van der Waals surface area contributed by atoms with E-state index in [-0.39, 0.29) is 11.8 Å². The molecule has 0 saturated heterocycles. The van der Waals surface area contributed by atoms with Crippen LogP contribution in [0.15, 0.2) is 66.7 Å². The van der Waals surface area contributed by atoms with Crippen LogP contribution < -0.4 is 10.6 Å². The van der Waals surface area contributed by atoms with Gasteiger partial charge in [-0.3, -0.25) is 9.59 Å². The van der Waals surface area contributed by atoms with Crippen molar-refractivity contribution in [2.45, 2.75) is 20.8 Å². The fourth-order valence-electron chi connectivity index (χ4n) is 2.91. The van der Waals surface area contributed by atoms with Crippen molar-refractivity contribution >= 4 is 23.2 Å². The number of rotatable bonds is 4. The molecule has 0 radical (unpaired) electrons. The average Bonchev–Trinajstić information content (AvgIpc) is 2.66. The van der Waals surface area contributed by atoms with Crippen LogP contribution >= 0.6 is 0 Å². The van der Waals surface area contributed by atoms with Gasteiger partial charge in [0.2, 0.25) is 0 Å². The van der Waals surface area contributed by atoms with Crippen molar-refractivity contribution in [2.75, 3.05) is 10.6 Å². The van der Waals surface area contributed by atoms with E-state index >= 15 is 0 Å². The Kier molecular flexibility index (Phi) is 5.36. The van der Waals surface area contributed by atoms with E-state index in [9.17, 15) is 9.59 Å². The van der Waals surface area contributed by atoms with E-state index < -0.39 is 0 Å². The molecule has 0 atom stereocenters. The molecule has 0 fully saturated rings. The minimum atomic E-state index is -0.244. The van der Waals surface area contributed by atoms with Gasteiger partial charge in [0, 0.05) is 22.5 Å². The molecule has 0 unspecified atom stereocenters. The number of nitrogens with one attached hydrogen (secondary N) is 2. The van der Waals surface area contributed by atoms with E-state index in [1.807, 2.05) is 63.2 Å². The molecule has 4 heteroatoms. The summed E-state index contributed by atoms with van der Waals surface area (Å²) in [5.74, 6) is -0.482. The smallest absolute Gasteiger partial charge is 0.255 e. The van der Waals surface area contributed by atoms with Crippen molar-refractivity contribution in [3.63, 3.8) is 0 Å². The third-order valence-corrected chi connectivity index (χ3v) is 4.50. The van der Waals surface area contributed by atoms with Gasteiger partial charge in [0.15, 0.2) is 0 Å². The first-order valence-electron chi connectivity index (χ1n) is 8.80. The molecule has 0 aromatic heterocycles. The van der Waals surface area contributed by atoms with Gasteiger partial charge in [-0.25, -0.2) is 0 Å². The van der Waals surface area contributed by atoms with E-state index in [4.69, 9.17) is 0 Å². The number of benzene rings is 3. The molecule has 2 amide bonds. The van der Waals surface area contributed by atoms with Crippen LogP contribution in [0.5, 0.6) is 0 Å². The lowest BCUT2D eigenvalue weighted by atomic mass is 10.1. The summed E-state index contributed by atoms with van der Waals surface area (Å²) in [5, 5.41) is 5.84. The molecular formula is C23H22N2O2. The number of para-hydroxylation sites is 2. The quantitative estimate of drug-likeness (QED) is 0.680. The largest absolute Gasteiger partial charge is 0.322 e. The second kappa shape index (κ2) is 7.87. The lowest BCUT2D eigenvalue weighted by Crippen LogP contribution is -2.16. The molecule has 0 aliphatic heterocycles. The van der Waals surface area contributed by atoms with Gasteiger partial charge < -0.3 is 10.6 Å². The molecule has 2 N–H and O–H groups in total. The molecule has 0 spiro atoms. The number of amides is 2. The van der Waals surface area contributed by atoms with Crippen molar-refractivity contribution in [1.29, 1.82) is 0 Å². The highest BCUT2D eigenvalue weighted by molar-refractivity contribution is 6.09. The molecular weight excluding hydrogens is 336 g/mol. The Labute approximate surface area is 159 Å². The third-order valence-electron chi connectivity index (χ3n) is 4.50. The molecule has 136 valence electrons. The van der Waals surface area contributed by atoms with E-state index in [1.54, 1.807) is 24.3 Å². The van der Waals surface area contributed by atoms with Crippen LogP contribution in [0.1, 0.15) is 37.4 Å². The Morgan fingerprint density at radius 1 is 0.630 bits per heavy atom. The molecule has 0 bridgehead atoms. The zero-order chi connectivity index (χ0) is 19.4. The van der Waals surface area contributed by atoms with Crippen LogP contribution in [0.25, 0.3) is 0 Å². The van der Waals surface area contributed by atoms with Crippen LogP contribution in [0, 0.1) is 20.8 Å². The van der Waals surface area contributed by atoms with Gasteiger partial charge in [0.05, 0.1) is 0 Å². The predicted molar refractivity (Wildman–Crippen MR) is 109 cm³/mol. The van der Waals surface area contributed by atoms with E-state index in [1.165, 1.54) is 0 Å². The van der Waals surface area contributed by atoms with Crippen LogP contribution in [0.4, 0.5) is 11.4 Å². The Morgan fingerprint density at radius 3 is 1.78 bits per heavy atom. The number of hydrogen-bond donors (Lipinski definition) is 2. The molecule has 3 aromatic rings. The topological polar surface area (TPSA) is 58.2 Å². The third kappa shape index (κ3) is 4.23.